The van der Waals surface area contributed by atoms with Crippen LogP contribution in [0.1, 0.15) is 24.3 Å². The smallest absolute Gasteiger partial charge is 0.227 e. The molecule has 2 aliphatic heterocycles. The minimum Gasteiger partial charge on any atom is -0.497 e. The largest absolute Gasteiger partial charge is 0.497 e. The third-order valence-electron chi connectivity index (χ3n) is 4.50. The summed E-state index contributed by atoms with van der Waals surface area (Å²) in [6, 6.07) is 8.24. The van der Waals surface area contributed by atoms with Crippen LogP contribution in [0.3, 0.4) is 0 Å². The first-order valence-electron chi connectivity index (χ1n) is 7.41. The van der Waals surface area contributed by atoms with E-state index in [9.17, 15) is 4.79 Å². The number of hydrogen-bond donors (Lipinski definition) is 1. The van der Waals surface area contributed by atoms with Gasteiger partial charge in [0, 0.05) is 25.6 Å². The lowest BCUT2D eigenvalue weighted by molar-refractivity contribution is -0.133. The molecule has 0 bridgehead atoms. The molecule has 1 aromatic rings. The summed E-state index contributed by atoms with van der Waals surface area (Å²) >= 11 is 0. The highest BCUT2D eigenvalue weighted by Gasteiger charge is 2.32. The monoisotopic (exact) mass is 310 g/mol. The summed E-state index contributed by atoms with van der Waals surface area (Å²) < 4.78 is 5.19. The van der Waals surface area contributed by atoms with Crippen molar-refractivity contribution in [2.24, 2.45) is 5.92 Å². The van der Waals surface area contributed by atoms with E-state index in [-0.39, 0.29) is 18.3 Å². The Morgan fingerprint density at radius 1 is 1.29 bits per heavy atom. The highest BCUT2D eigenvalue weighted by molar-refractivity contribution is 5.85. The predicted molar refractivity (Wildman–Crippen MR) is 85.2 cm³/mol. The number of nitrogens with zero attached hydrogens (tertiary/aromatic N) is 1. The van der Waals surface area contributed by atoms with Gasteiger partial charge in [0.1, 0.15) is 5.75 Å². The topological polar surface area (TPSA) is 41.6 Å². The lowest BCUT2D eigenvalue weighted by Gasteiger charge is -2.20. The van der Waals surface area contributed by atoms with Crippen molar-refractivity contribution in [3.05, 3.63) is 29.8 Å². The number of halogens is 1. The van der Waals surface area contributed by atoms with Crippen molar-refractivity contribution < 1.29 is 9.53 Å². The number of carbonyl (C=O) groups is 1. The number of methoxy groups -OCH3 is 1. The van der Waals surface area contributed by atoms with Crippen LogP contribution in [0.4, 0.5) is 0 Å². The molecule has 3 rings (SSSR count). The first-order valence-corrected chi connectivity index (χ1v) is 7.41. The molecule has 116 valence electrons. The Bertz CT molecular complexity index is 472. The molecule has 2 saturated heterocycles. The van der Waals surface area contributed by atoms with Crippen LogP contribution in [0.5, 0.6) is 5.75 Å². The van der Waals surface area contributed by atoms with Crippen LogP contribution < -0.4 is 10.1 Å². The van der Waals surface area contributed by atoms with Crippen molar-refractivity contribution in [3.63, 3.8) is 0 Å². The summed E-state index contributed by atoms with van der Waals surface area (Å²) in [5, 5.41) is 3.27. The van der Waals surface area contributed by atoms with E-state index in [1.54, 1.807) is 7.11 Å². The van der Waals surface area contributed by atoms with Crippen LogP contribution in [0.25, 0.3) is 0 Å². The molecule has 0 radical (unpaired) electrons. The van der Waals surface area contributed by atoms with Gasteiger partial charge in [-0.15, -0.1) is 12.4 Å². The van der Waals surface area contributed by atoms with Gasteiger partial charge in [-0.2, -0.15) is 0 Å². The van der Waals surface area contributed by atoms with Gasteiger partial charge in [-0.05, 0) is 37.1 Å². The molecule has 0 saturated carbocycles. The number of benzene rings is 1. The van der Waals surface area contributed by atoms with E-state index >= 15 is 0 Å². The van der Waals surface area contributed by atoms with Crippen LogP contribution in [-0.2, 0) is 4.79 Å². The van der Waals surface area contributed by atoms with Crippen molar-refractivity contribution in [1.82, 2.24) is 10.2 Å². The third kappa shape index (κ3) is 3.50. The number of carbonyl (C=O) groups excluding carboxylic acids is 1. The summed E-state index contributed by atoms with van der Waals surface area (Å²) in [7, 11) is 1.68. The van der Waals surface area contributed by atoms with Crippen LogP contribution in [-0.4, -0.2) is 44.1 Å². The molecule has 0 aliphatic carbocycles. The fourth-order valence-corrected chi connectivity index (χ4v) is 3.23. The van der Waals surface area contributed by atoms with Crippen molar-refractivity contribution in [2.75, 3.05) is 33.3 Å². The third-order valence-corrected chi connectivity index (χ3v) is 4.50. The molecule has 0 spiro atoms. The van der Waals surface area contributed by atoms with Crippen LogP contribution in [0.2, 0.25) is 0 Å². The average Bonchev–Trinajstić information content (AvgIpc) is 3.18. The molecular weight excluding hydrogens is 288 g/mol. The van der Waals surface area contributed by atoms with Crippen LogP contribution >= 0.6 is 12.4 Å². The van der Waals surface area contributed by atoms with Gasteiger partial charge in [0.2, 0.25) is 5.91 Å². The summed E-state index contributed by atoms with van der Waals surface area (Å²) in [6.07, 6.45) is 2.06. The number of likely N-dealkylation sites (tertiary alicyclic amines) is 1. The predicted octanol–water partition coefficient (Wildman–Crippen LogP) is 2.04. The second kappa shape index (κ2) is 7.14. The fraction of sp³-hybridized carbons (Fsp3) is 0.562. The minimum atomic E-state index is 0. The first kappa shape index (κ1) is 16.1. The van der Waals surface area contributed by atoms with Crippen LogP contribution in [0, 0.1) is 5.92 Å². The Morgan fingerprint density at radius 3 is 2.67 bits per heavy atom. The number of rotatable bonds is 3. The normalized spacial score (nSPS) is 24.7. The molecule has 1 N–H and O–H groups in total. The summed E-state index contributed by atoms with van der Waals surface area (Å²) in [6.45, 7) is 3.59. The number of amides is 1. The second-order valence-corrected chi connectivity index (χ2v) is 5.73. The Kier molecular flexibility index (Phi) is 5.48. The van der Waals surface area contributed by atoms with Crippen molar-refractivity contribution in [2.45, 2.75) is 18.8 Å². The Balaban J connectivity index is 0.00000161. The second-order valence-electron chi connectivity index (χ2n) is 5.73. The van der Waals surface area contributed by atoms with E-state index in [4.69, 9.17) is 4.74 Å². The van der Waals surface area contributed by atoms with E-state index in [1.807, 2.05) is 17.0 Å². The standard InChI is InChI=1S/C16H22N2O2.ClH/c1-20-15-4-2-12(3-5-15)14-7-9-18(11-14)16(19)13-6-8-17-10-13;/h2-5,13-14,17H,6-11H2,1H3;1H. The zero-order valence-corrected chi connectivity index (χ0v) is 13.2. The molecule has 0 aromatic heterocycles. The summed E-state index contributed by atoms with van der Waals surface area (Å²) in [4.78, 5) is 14.4. The molecule has 1 amide bonds. The Hall–Kier alpha value is -1.26. The molecule has 1 aromatic carbocycles. The van der Waals surface area contributed by atoms with Crippen molar-refractivity contribution in [3.8, 4) is 5.75 Å². The van der Waals surface area contributed by atoms with Gasteiger partial charge >= 0.3 is 0 Å². The van der Waals surface area contributed by atoms with E-state index in [2.05, 4.69) is 17.4 Å². The SMILES string of the molecule is COc1ccc(C2CCN(C(=O)C3CCNC3)C2)cc1.Cl. The number of hydrogen-bond acceptors (Lipinski definition) is 3. The fourth-order valence-electron chi connectivity index (χ4n) is 3.23. The number of nitrogens with one attached hydrogen (secondary N) is 1. The summed E-state index contributed by atoms with van der Waals surface area (Å²) in [5.41, 5.74) is 1.31. The maximum absolute atomic E-state index is 12.4. The molecule has 2 atom stereocenters. The first-order chi connectivity index (χ1) is 9.78. The minimum absolute atomic E-state index is 0. The van der Waals surface area contributed by atoms with E-state index in [0.717, 1.165) is 44.8 Å². The summed E-state index contributed by atoms with van der Waals surface area (Å²) in [5.74, 6) is 1.89. The molecule has 4 nitrogen and oxygen atoms in total. The highest BCUT2D eigenvalue weighted by atomic mass is 35.5. The quantitative estimate of drug-likeness (QED) is 0.929. The molecule has 5 heteroatoms. The van der Waals surface area contributed by atoms with Gasteiger partial charge < -0.3 is 15.0 Å². The maximum Gasteiger partial charge on any atom is 0.227 e. The highest BCUT2D eigenvalue weighted by Crippen LogP contribution is 2.29. The van der Waals surface area contributed by atoms with Gasteiger partial charge in [-0.3, -0.25) is 4.79 Å². The molecule has 2 unspecified atom stereocenters. The van der Waals surface area contributed by atoms with E-state index in [1.165, 1.54) is 5.56 Å². The zero-order valence-electron chi connectivity index (χ0n) is 12.4. The van der Waals surface area contributed by atoms with Gasteiger partial charge in [-0.25, -0.2) is 0 Å². The molecular formula is C16H23ClN2O2. The lowest BCUT2D eigenvalue weighted by atomic mass is 9.98. The van der Waals surface area contributed by atoms with Gasteiger partial charge in [-0.1, -0.05) is 12.1 Å². The van der Waals surface area contributed by atoms with Crippen molar-refractivity contribution >= 4 is 18.3 Å². The molecule has 21 heavy (non-hydrogen) atoms. The van der Waals surface area contributed by atoms with E-state index in [0.29, 0.717) is 11.8 Å². The van der Waals surface area contributed by atoms with Gasteiger partial charge in [0.25, 0.3) is 0 Å². The van der Waals surface area contributed by atoms with Gasteiger partial charge in [0.15, 0.2) is 0 Å². The Morgan fingerprint density at radius 2 is 2.05 bits per heavy atom. The molecule has 2 heterocycles. The van der Waals surface area contributed by atoms with Gasteiger partial charge in [0.05, 0.1) is 13.0 Å². The zero-order chi connectivity index (χ0) is 13.9. The molecule has 2 aliphatic rings. The van der Waals surface area contributed by atoms with Crippen molar-refractivity contribution in [1.29, 1.82) is 0 Å². The average molecular weight is 311 g/mol. The van der Waals surface area contributed by atoms with E-state index < -0.39 is 0 Å². The lowest BCUT2D eigenvalue weighted by Crippen LogP contribution is -2.35. The van der Waals surface area contributed by atoms with Crippen LogP contribution in [0.15, 0.2) is 24.3 Å². The molecule has 2 fully saturated rings. The number of ether oxygens (including phenoxy) is 1. The maximum atomic E-state index is 12.4. The Labute approximate surface area is 132 Å².